The Bertz CT molecular complexity index is 989. The van der Waals surface area contributed by atoms with Gasteiger partial charge in [-0.15, -0.1) is 0 Å². The number of hydrogen-bond acceptors (Lipinski definition) is 6. The summed E-state index contributed by atoms with van der Waals surface area (Å²) >= 11 is 0. The average Bonchev–Trinajstić information content (AvgIpc) is 2.76. The summed E-state index contributed by atoms with van der Waals surface area (Å²) in [6, 6.07) is 12.0. The van der Waals surface area contributed by atoms with E-state index in [1.807, 2.05) is 6.92 Å². The van der Waals surface area contributed by atoms with Gasteiger partial charge in [-0.2, -0.15) is 0 Å². The number of ether oxygens (including phenoxy) is 2. The number of hydrogen-bond donors (Lipinski definition) is 1. The fourth-order valence-corrected chi connectivity index (χ4v) is 3.79. The van der Waals surface area contributed by atoms with E-state index in [1.54, 1.807) is 24.3 Å². The van der Waals surface area contributed by atoms with Gasteiger partial charge in [-0.25, -0.2) is 13.2 Å². The van der Waals surface area contributed by atoms with Crippen LogP contribution in [0, 0.1) is 0 Å². The molecule has 1 atom stereocenters. The molecule has 2 aromatic carbocycles. The molecule has 162 valence electrons. The van der Waals surface area contributed by atoms with Gasteiger partial charge in [0.25, 0.3) is 15.9 Å². The summed E-state index contributed by atoms with van der Waals surface area (Å²) < 4.78 is 37.3. The Labute approximate surface area is 176 Å². The molecule has 0 saturated carbocycles. The molecule has 0 aliphatic carbocycles. The quantitative estimate of drug-likeness (QED) is 0.609. The van der Waals surface area contributed by atoms with Crippen LogP contribution in [0.15, 0.2) is 53.4 Å². The maximum atomic E-state index is 13.0. The number of esters is 1. The molecule has 0 bridgehead atoms. The number of carbonyl (C=O) groups is 2. The fourth-order valence-electron chi connectivity index (χ4n) is 2.55. The van der Waals surface area contributed by atoms with Crippen molar-refractivity contribution in [2.24, 2.45) is 0 Å². The topological polar surface area (TPSA) is 102 Å². The monoisotopic (exact) mass is 434 g/mol. The van der Waals surface area contributed by atoms with E-state index in [1.165, 1.54) is 45.3 Å². The van der Waals surface area contributed by atoms with Gasteiger partial charge in [0.2, 0.25) is 0 Å². The molecular formula is C21H26N2O6S. The molecule has 0 fully saturated rings. The summed E-state index contributed by atoms with van der Waals surface area (Å²) in [5.41, 5.74) is 0.472. The third-order valence-corrected chi connectivity index (χ3v) is 6.15. The lowest BCUT2D eigenvalue weighted by Gasteiger charge is -2.20. The highest BCUT2D eigenvalue weighted by Crippen LogP contribution is 2.25. The van der Waals surface area contributed by atoms with Crippen LogP contribution in [0.25, 0.3) is 0 Å². The second-order valence-corrected chi connectivity index (χ2v) is 8.51. The van der Waals surface area contributed by atoms with Gasteiger partial charge in [-0.1, -0.05) is 13.0 Å². The summed E-state index contributed by atoms with van der Waals surface area (Å²) in [4.78, 5) is 24.2. The van der Waals surface area contributed by atoms with E-state index in [-0.39, 0.29) is 10.5 Å². The Balaban J connectivity index is 2.20. The molecule has 0 saturated heterocycles. The van der Waals surface area contributed by atoms with Gasteiger partial charge >= 0.3 is 5.97 Å². The predicted octanol–water partition coefficient (Wildman–Crippen LogP) is 2.59. The van der Waals surface area contributed by atoms with E-state index in [4.69, 9.17) is 9.47 Å². The van der Waals surface area contributed by atoms with Crippen LogP contribution in [-0.4, -0.2) is 47.1 Å². The van der Waals surface area contributed by atoms with Crippen LogP contribution in [0.1, 0.15) is 30.6 Å². The van der Waals surface area contributed by atoms with E-state index in [0.717, 1.165) is 10.7 Å². The lowest BCUT2D eigenvalue weighted by molar-refractivity contribution is -0.129. The molecule has 0 heterocycles. The van der Waals surface area contributed by atoms with Crippen molar-refractivity contribution in [3.8, 4) is 5.75 Å². The third kappa shape index (κ3) is 5.50. The van der Waals surface area contributed by atoms with E-state index < -0.39 is 28.0 Å². The van der Waals surface area contributed by atoms with Crippen molar-refractivity contribution in [2.45, 2.75) is 31.3 Å². The molecule has 1 N–H and O–H groups in total. The molecule has 1 amide bonds. The number of amides is 1. The number of sulfonamides is 1. The Hall–Kier alpha value is -3.07. The van der Waals surface area contributed by atoms with Crippen LogP contribution in [0.3, 0.4) is 0 Å². The van der Waals surface area contributed by atoms with Gasteiger partial charge in [-0.3, -0.25) is 9.10 Å². The number of anilines is 1. The number of benzene rings is 2. The highest BCUT2D eigenvalue weighted by molar-refractivity contribution is 7.92. The van der Waals surface area contributed by atoms with Gasteiger partial charge in [-0.05, 0) is 55.8 Å². The number of rotatable bonds is 9. The highest BCUT2D eigenvalue weighted by Gasteiger charge is 2.24. The molecular weight excluding hydrogens is 408 g/mol. The van der Waals surface area contributed by atoms with Gasteiger partial charge in [0.05, 0.1) is 23.3 Å². The zero-order valence-corrected chi connectivity index (χ0v) is 18.2. The molecule has 0 aliphatic heterocycles. The van der Waals surface area contributed by atoms with Crippen molar-refractivity contribution in [1.29, 1.82) is 0 Å². The number of methoxy groups -OCH3 is 1. The van der Waals surface area contributed by atoms with Gasteiger partial charge in [0.15, 0.2) is 6.10 Å². The predicted molar refractivity (Wildman–Crippen MR) is 113 cm³/mol. The molecule has 1 unspecified atom stereocenters. The normalized spacial score (nSPS) is 12.0. The lowest BCUT2D eigenvalue weighted by atomic mass is 10.2. The molecule has 30 heavy (non-hydrogen) atoms. The third-order valence-electron chi connectivity index (χ3n) is 4.37. The lowest BCUT2D eigenvalue weighted by Crippen LogP contribution is -2.36. The van der Waals surface area contributed by atoms with E-state index >= 15 is 0 Å². The SMILES string of the molecule is CCCNC(=O)C(C)OC(=O)c1cccc(S(=O)(=O)N(C)c2ccc(OC)cc2)c1. The number of nitrogens with one attached hydrogen (secondary N) is 1. The first-order chi connectivity index (χ1) is 14.2. The molecule has 0 aromatic heterocycles. The molecule has 8 nitrogen and oxygen atoms in total. The summed E-state index contributed by atoms with van der Waals surface area (Å²) in [5.74, 6) is -0.585. The minimum absolute atomic E-state index is 0.0364. The molecule has 0 aliphatic rings. The second-order valence-electron chi connectivity index (χ2n) is 6.54. The summed E-state index contributed by atoms with van der Waals surface area (Å²) in [6.45, 7) is 3.85. The minimum Gasteiger partial charge on any atom is -0.497 e. The zero-order valence-electron chi connectivity index (χ0n) is 17.4. The van der Waals surface area contributed by atoms with Crippen LogP contribution in [0.5, 0.6) is 5.75 Å². The van der Waals surface area contributed by atoms with Crippen molar-refractivity contribution in [1.82, 2.24) is 5.32 Å². The minimum atomic E-state index is -3.92. The molecule has 2 rings (SSSR count). The Morgan fingerprint density at radius 2 is 1.80 bits per heavy atom. The maximum absolute atomic E-state index is 13.0. The van der Waals surface area contributed by atoms with Crippen LogP contribution in [0.2, 0.25) is 0 Å². The molecule has 9 heteroatoms. The van der Waals surface area contributed by atoms with Gasteiger partial charge in [0.1, 0.15) is 5.75 Å². The molecule has 0 radical (unpaired) electrons. The van der Waals surface area contributed by atoms with Crippen LogP contribution in [-0.2, 0) is 19.6 Å². The molecule has 0 spiro atoms. The van der Waals surface area contributed by atoms with Crippen molar-refractivity contribution in [2.75, 3.05) is 25.0 Å². The second kappa shape index (κ2) is 10.1. The molecule has 2 aromatic rings. The van der Waals surface area contributed by atoms with Crippen molar-refractivity contribution in [3.63, 3.8) is 0 Å². The fraction of sp³-hybridized carbons (Fsp3) is 0.333. The Morgan fingerprint density at radius 3 is 2.40 bits per heavy atom. The highest BCUT2D eigenvalue weighted by atomic mass is 32.2. The van der Waals surface area contributed by atoms with Crippen LogP contribution >= 0.6 is 0 Å². The average molecular weight is 435 g/mol. The summed E-state index contributed by atoms with van der Waals surface area (Å²) in [5, 5.41) is 2.64. The van der Waals surface area contributed by atoms with E-state index in [2.05, 4.69) is 5.32 Å². The van der Waals surface area contributed by atoms with Crippen molar-refractivity contribution < 1.29 is 27.5 Å². The largest absolute Gasteiger partial charge is 0.497 e. The van der Waals surface area contributed by atoms with Crippen molar-refractivity contribution in [3.05, 3.63) is 54.1 Å². The summed E-state index contributed by atoms with van der Waals surface area (Å²) in [6.07, 6.45) is -0.236. The number of nitrogens with zero attached hydrogens (tertiary/aromatic N) is 1. The first-order valence-corrected chi connectivity index (χ1v) is 10.9. The van der Waals surface area contributed by atoms with E-state index in [0.29, 0.717) is 18.0 Å². The van der Waals surface area contributed by atoms with Crippen LogP contribution in [0.4, 0.5) is 5.69 Å². The standard InChI is InChI=1S/C21H26N2O6S/c1-5-13-22-20(24)15(2)29-21(25)16-7-6-8-19(14-16)30(26,27)23(3)17-9-11-18(28-4)12-10-17/h6-12,14-15H,5,13H2,1-4H3,(H,22,24). The van der Waals surface area contributed by atoms with E-state index in [9.17, 15) is 18.0 Å². The summed E-state index contributed by atoms with van der Waals surface area (Å²) in [7, 11) is -0.978. The first kappa shape index (κ1) is 23.2. The van der Waals surface area contributed by atoms with Gasteiger partial charge in [0, 0.05) is 13.6 Å². The first-order valence-electron chi connectivity index (χ1n) is 9.42. The Morgan fingerprint density at radius 1 is 1.13 bits per heavy atom. The zero-order chi connectivity index (χ0) is 22.3. The Kier molecular flexibility index (Phi) is 7.82. The maximum Gasteiger partial charge on any atom is 0.338 e. The smallest absolute Gasteiger partial charge is 0.338 e. The van der Waals surface area contributed by atoms with Gasteiger partial charge < -0.3 is 14.8 Å². The number of carbonyl (C=O) groups excluding carboxylic acids is 2. The van der Waals surface area contributed by atoms with Crippen LogP contribution < -0.4 is 14.4 Å². The van der Waals surface area contributed by atoms with Crippen molar-refractivity contribution >= 4 is 27.6 Å².